The number of carbonyl (C=O) groups is 1. The minimum Gasteiger partial charge on any atom is -0.486 e. The molecule has 1 aromatic carbocycles. The highest BCUT2D eigenvalue weighted by Gasteiger charge is 2.35. The number of amides is 1. The standard InChI is InChI=1S/C12H12F3NO3/c13-7-1-2-9(19-12(14)15)10(5-7)18-8-3-6(4-8)11(16)17/h1-2,5-6,8,12H,3-4H2,(H2,16,17). The van der Waals surface area contributed by atoms with Crippen LogP contribution in [0.2, 0.25) is 0 Å². The van der Waals surface area contributed by atoms with Gasteiger partial charge in [0.05, 0.1) is 0 Å². The topological polar surface area (TPSA) is 61.6 Å². The van der Waals surface area contributed by atoms with E-state index in [-0.39, 0.29) is 23.5 Å². The van der Waals surface area contributed by atoms with Crippen LogP contribution in [0.25, 0.3) is 0 Å². The third-order valence-electron chi connectivity index (χ3n) is 2.91. The van der Waals surface area contributed by atoms with Gasteiger partial charge in [0.2, 0.25) is 5.91 Å². The van der Waals surface area contributed by atoms with Crippen LogP contribution in [-0.2, 0) is 4.79 Å². The van der Waals surface area contributed by atoms with Gasteiger partial charge in [-0.3, -0.25) is 4.79 Å². The van der Waals surface area contributed by atoms with Crippen LogP contribution in [0.5, 0.6) is 11.5 Å². The highest BCUT2D eigenvalue weighted by atomic mass is 19.3. The predicted octanol–water partition coefficient (Wildman–Crippen LogP) is 2.07. The summed E-state index contributed by atoms with van der Waals surface area (Å²) < 4.78 is 47.0. The maximum absolute atomic E-state index is 13.1. The van der Waals surface area contributed by atoms with Crippen molar-refractivity contribution in [2.24, 2.45) is 11.7 Å². The van der Waals surface area contributed by atoms with Gasteiger partial charge in [0, 0.05) is 12.0 Å². The maximum atomic E-state index is 13.1. The van der Waals surface area contributed by atoms with E-state index < -0.39 is 18.3 Å². The lowest BCUT2D eigenvalue weighted by atomic mass is 9.82. The van der Waals surface area contributed by atoms with Crippen molar-refractivity contribution >= 4 is 5.91 Å². The zero-order chi connectivity index (χ0) is 14.0. The van der Waals surface area contributed by atoms with Crippen LogP contribution in [0, 0.1) is 11.7 Å². The number of benzene rings is 1. The molecule has 0 heterocycles. The Morgan fingerprint density at radius 3 is 2.58 bits per heavy atom. The predicted molar refractivity (Wildman–Crippen MR) is 59.4 cm³/mol. The van der Waals surface area contributed by atoms with Crippen LogP contribution < -0.4 is 15.2 Å². The van der Waals surface area contributed by atoms with Crippen molar-refractivity contribution in [3.8, 4) is 11.5 Å². The summed E-state index contributed by atoms with van der Waals surface area (Å²) in [7, 11) is 0. The van der Waals surface area contributed by atoms with Gasteiger partial charge < -0.3 is 15.2 Å². The van der Waals surface area contributed by atoms with Gasteiger partial charge in [0.15, 0.2) is 11.5 Å². The van der Waals surface area contributed by atoms with Crippen LogP contribution in [0.4, 0.5) is 13.2 Å². The minimum absolute atomic E-state index is 0.103. The van der Waals surface area contributed by atoms with Crippen molar-refractivity contribution in [1.82, 2.24) is 0 Å². The number of alkyl halides is 2. The Bertz CT molecular complexity index is 475. The molecule has 1 amide bonds. The number of nitrogens with two attached hydrogens (primary N) is 1. The van der Waals surface area contributed by atoms with Crippen molar-refractivity contribution in [2.45, 2.75) is 25.6 Å². The van der Waals surface area contributed by atoms with Crippen LogP contribution in [0.1, 0.15) is 12.8 Å². The molecular weight excluding hydrogens is 263 g/mol. The van der Waals surface area contributed by atoms with Gasteiger partial charge in [-0.1, -0.05) is 0 Å². The largest absolute Gasteiger partial charge is 0.486 e. The fourth-order valence-electron chi connectivity index (χ4n) is 1.84. The van der Waals surface area contributed by atoms with E-state index in [1.54, 1.807) is 0 Å². The molecule has 1 fully saturated rings. The molecule has 19 heavy (non-hydrogen) atoms. The number of primary amides is 1. The van der Waals surface area contributed by atoms with Gasteiger partial charge in [0.25, 0.3) is 0 Å². The third-order valence-corrected chi connectivity index (χ3v) is 2.91. The second-order valence-electron chi connectivity index (χ2n) is 4.28. The quantitative estimate of drug-likeness (QED) is 0.894. The van der Waals surface area contributed by atoms with E-state index in [4.69, 9.17) is 10.5 Å². The molecule has 1 saturated carbocycles. The summed E-state index contributed by atoms with van der Waals surface area (Å²) in [5, 5.41) is 0. The molecule has 0 aromatic heterocycles. The first-order valence-corrected chi connectivity index (χ1v) is 5.66. The van der Waals surface area contributed by atoms with E-state index in [2.05, 4.69) is 4.74 Å². The SMILES string of the molecule is NC(=O)C1CC(Oc2cc(F)ccc2OC(F)F)C1. The Balaban J connectivity index is 2.03. The fourth-order valence-corrected chi connectivity index (χ4v) is 1.84. The van der Waals surface area contributed by atoms with Gasteiger partial charge in [-0.15, -0.1) is 0 Å². The number of carbonyl (C=O) groups excluding carboxylic acids is 1. The Kier molecular flexibility index (Phi) is 3.82. The van der Waals surface area contributed by atoms with E-state index in [0.29, 0.717) is 12.8 Å². The zero-order valence-electron chi connectivity index (χ0n) is 9.81. The second-order valence-corrected chi connectivity index (χ2v) is 4.28. The Morgan fingerprint density at radius 2 is 2.00 bits per heavy atom. The van der Waals surface area contributed by atoms with E-state index in [9.17, 15) is 18.0 Å². The Morgan fingerprint density at radius 1 is 1.32 bits per heavy atom. The molecule has 4 nitrogen and oxygen atoms in total. The van der Waals surface area contributed by atoms with E-state index >= 15 is 0 Å². The van der Waals surface area contributed by atoms with E-state index in [1.165, 1.54) is 0 Å². The fraction of sp³-hybridized carbons (Fsp3) is 0.417. The van der Waals surface area contributed by atoms with Gasteiger partial charge in [-0.2, -0.15) is 8.78 Å². The van der Waals surface area contributed by atoms with Crippen LogP contribution in [0.15, 0.2) is 18.2 Å². The van der Waals surface area contributed by atoms with E-state index in [0.717, 1.165) is 18.2 Å². The van der Waals surface area contributed by atoms with Crippen molar-refractivity contribution in [2.75, 3.05) is 0 Å². The average Bonchev–Trinajstić information content (AvgIpc) is 2.25. The van der Waals surface area contributed by atoms with Crippen molar-refractivity contribution in [1.29, 1.82) is 0 Å². The van der Waals surface area contributed by atoms with Crippen molar-refractivity contribution < 1.29 is 27.4 Å². The lowest BCUT2D eigenvalue weighted by Gasteiger charge is -2.33. The summed E-state index contributed by atoms with van der Waals surface area (Å²) in [6.07, 6.45) is 0.430. The molecule has 2 rings (SSSR count). The molecule has 0 unspecified atom stereocenters. The first kappa shape index (κ1) is 13.5. The molecule has 0 bridgehead atoms. The molecule has 7 heteroatoms. The molecule has 0 atom stereocenters. The summed E-state index contributed by atoms with van der Waals surface area (Å²) in [6.45, 7) is -3.02. The summed E-state index contributed by atoms with van der Waals surface area (Å²) in [5.74, 6) is -1.67. The van der Waals surface area contributed by atoms with Crippen LogP contribution in [-0.4, -0.2) is 18.6 Å². The smallest absolute Gasteiger partial charge is 0.387 e. The number of hydrogen-bond acceptors (Lipinski definition) is 3. The summed E-state index contributed by atoms with van der Waals surface area (Å²) in [6, 6.07) is 3.04. The molecule has 2 N–H and O–H groups in total. The molecule has 104 valence electrons. The first-order valence-electron chi connectivity index (χ1n) is 5.66. The Hall–Kier alpha value is -1.92. The molecular formula is C12H12F3NO3. The molecule has 1 aliphatic carbocycles. The van der Waals surface area contributed by atoms with Gasteiger partial charge in [-0.25, -0.2) is 4.39 Å². The number of hydrogen-bond donors (Lipinski definition) is 1. The molecule has 0 radical (unpaired) electrons. The highest BCUT2D eigenvalue weighted by molar-refractivity contribution is 5.77. The number of rotatable bonds is 5. The van der Waals surface area contributed by atoms with E-state index in [1.807, 2.05) is 0 Å². The second kappa shape index (κ2) is 5.38. The van der Waals surface area contributed by atoms with Gasteiger partial charge in [-0.05, 0) is 25.0 Å². The molecule has 1 aromatic rings. The molecule has 1 aliphatic rings. The zero-order valence-corrected chi connectivity index (χ0v) is 9.81. The molecule has 0 saturated heterocycles. The lowest BCUT2D eigenvalue weighted by molar-refractivity contribution is -0.127. The lowest BCUT2D eigenvalue weighted by Crippen LogP contribution is -2.41. The molecule has 0 spiro atoms. The molecule has 0 aliphatic heterocycles. The number of halogens is 3. The maximum Gasteiger partial charge on any atom is 0.387 e. The normalized spacial score (nSPS) is 21.9. The summed E-state index contributed by atoms with van der Waals surface area (Å²) in [4.78, 5) is 10.8. The highest BCUT2D eigenvalue weighted by Crippen LogP contribution is 2.36. The van der Waals surface area contributed by atoms with Crippen LogP contribution in [0.3, 0.4) is 0 Å². The Labute approximate surface area is 107 Å². The third kappa shape index (κ3) is 3.30. The summed E-state index contributed by atoms with van der Waals surface area (Å²) in [5.41, 5.74) is 5.09. The first-order chi connectivity index (χ1) is 8.95. The average molecular weight is 275 g/mol. The van der Waals surface area contributed by atoms with Gasteiger partial charge in [0.1, 0.15) is 11.9 Å². The van der Waals surface area contributed by atoms with Crippen molar-refractivity contribution in [3.05, 3.63) is 24.0 Å². The van der Waals surface area contributed by atoms with Crippen molar-refractivity contribution in [3.63, 3.8) is 0 Å². The monoisotopic (exact) mass is 275 g/mol. The number of ether oxygens (including phenoxy) is 2. The van der Waals surface area contributed by atoms with Gasteiger partial charge >= 0.3 is 6.61 Å². The van der Waals surface area contributed by atoms with Crippen LogP contribution >= 0.6 is 0 Å². The summed E-state index contributed by atoms with van der Waals surface area (Å²) >= 11 is 0. The minimum atomic E-state index is -3.02.